The van der Waals surface area contributed by atoms with Crippen molar-refractivity contribution in [1.82, 2.24) is 16.0 Å². The zero-order chi connectivity index (χ0) is 12.8. The van der Waals surface area contributed by atoms with Crippen molar-refractivity contribution in [3.8, 4) is 0 Å². The third kappa shape index (κ3) is 3.41. The summed E-state index contributed by atoms with van der Waals surface area (Å²) in [5.41, 5.74) is 3.22. The van der Waals surface area contributed by atoms with Gasteiger partial charge in [0.15, 0.2) is 0 Å². The van der Waals surface area contributed by atoms with E-state index in [4.69, 9.17) is 0 Å². The minimum atomic E-state index is 0.456. The van der Waals surface area contributed by atoms with Crippen LogP contribution < -0.4 is 16.0 Å². The molecule has 1 heterocycles. The zero-order valence-electron chi connectivity index (χ0n) is 11.2. The molecule has 3 N–H and O–H groups in total. The maximum absolute atomic E-state index is 3.73. The van der Waals surface area contributed by atoms with Gasteiger partial charge in [0.1, 0.15) is 5.82 Å². The van der Waals surface area contributed by atoms with E-state index in [0.717, 1.165) is 29.3 Å². The van der Waals surface area contributed by atoms with E-state index < -0.39 is 0 Å². The van der Waals surface area contributed by atoms with E-state index >= 15 is 0 Å². The quantitative estimate of drug-likeness (QED) is 0.699. The molecule has 1 aliphatic rings. The molecule has 0 spiro atoms. The van der Waals surface area contributed by atoms with E-state index in [-0.39, 0.29) is 0 Å². The van der Waals surface area contributed by atoms with E-state index in [1.165, 1.54) is 0 Å². The first kappa shape index (κ1) is 13.4. The minimum Gasteiger partial charge on any atom is -0.368 e. The number of rotatable bonds is 4. The Morgan fingerprint density at radius 1 is 1.35 bits per heavy atom. The van der Waals surface area contributed by atoms with Crippen LogP contribution in [0.4, 0.5) is 0 Å². The third-order valence-corrected chi connectivity index (χ3v) is 2.82. The fraction of sp³-hybridized carbons (Fsp3) is 0.429. The summed E-state index contributed by atoms with van der Waals surface area (Å²) in [6.45, 7) is 12.1. The first-order valence-corrected chi connectivity index (χ1v) is 6.13. The lowest BCUT2D eigenvalue weighted by atomic mass is 10.2. The van der Waals surface area contributed by atoms with Crippen LogP contribution in [0.2, 0.25) is 0 Å². The molecule has 0 aliphatic carbocycles. The van der Waals surface area contributed by atoms with Gasteiger partial charge in [-0.1, -0.05) is 25.7 Å². The molecule has 1 aliphatic heterocycles. The summed E-state index contributed by atoms with van der Waals surface area (Å²) < 4.78 is 0. The predicted octanol–water partition coefficient (Wildman–Crippen LogP) is 2.73. The molecule has 0 fully saturated rings. The number of allylic oxidation sites excluding steroid dienone is 4. The largest absolute Gasteiger partial charge is 0.368 e. The van der Waals surface area contributed by atoms with Crippen LogP contribution in [0, 0.1) is 0 Å². The summed E-state index contributed by atoms with van der Waals surface area (Å²) in [4.78, 5) is 0. The van der Waals surface area contributed by atoms with E-state index in [9.17, 15) is 0 Å². The fourth-order valence-corrected chi connectivity index (χ4v) is 1.60. The average Bonchev–Trinajstić information content (AvgIpc) is 2.32. The van der Waals surface area contributed by atoms with Crippen molar-refractivity contribution < 1.29 is 0 Å². The Balaban J connectivity index is 2.91. The Morgan fingerprint density at radius 2 is 2.06 bits per heavy atom. The van der Waals surface area contributed by atoms with Crippen molar-refractivity contribution in [3.63, 3.8) is 0 Å². The average molecular weight is 233 g/mol. The van der Waals surface area contributed by atoms with Crippen LogP contribution in [-0.4, -0.2) is 6.04 Å². The van der Waals surface area contributed by atoms with Crippen LogP contribution >= 0.6 is 0 Å². The molecule has 0 aromatic heterocycles. The molecule has 3 nitrogen and oxygen atoms in total. The lowest BCUT2D eigenvalue weighted by molar-refractivity contribution is 0.554. The normalized spacial score (nSPS) is 22.1. The third-order valence-electron chi connectivity index (χ3n) is 2.82. The molecule has 0 amide bonds. The molecule has 0 aromatic rings. The highest BCUT2D eigenvalue weighted by Crippen LogP contribution is 2.15. The van der Waals surface area contributed by atoms with Crippen LogP contribution in [0.5, 0.6) is 0 Å². The molecule has 1 atom stereocenters. The minimum absolute atomic E-state index is 0.456. The van der Waals surface area contributed by atoms with Gasteiger partial charge in [-0.3, -0.25) is 0 Å². The Labute approximate surface area is 104 Å². The van der Waals surface area contributed by atoms with Gasteiger partial charge in [-0.2, -0.15) is 0 Å². The van der Waals surface area contributed by atoms with Crippen LogP contribution in [-0.2, 0) is 0 Å². The first-order valence-electron chi connectivity index (χ1n) is 6.13. The van der Waals surface area contributed by atoms with Crippen LogP contribution in [0.1, 0.15) is 34.1 Å². The number of hydrogen-bond donors (Lipinski definition) is 3. The van der Waals surface area contributed by atoms with Gasteiger partial charge in [-0.15, -0.1) is 0 Å². The second-order valence-electron chi connectivity index (χ2n) is 4.22. The van der Waals surface area contributed by atoms with Gasteiger partial charge < -0.3 is 16.0 Å². The molecule has 0 aromatic carbocycles. The van der Waals surface area contributed by atoms with Crippen molar-refractivity contribution in [3.05, 3.63) is 47.7 Å². The zero-order valence-corrected chi connectivity index (χ0v) is 11.2. The fourth-order valence-electron chi connectivity index (χ4n) is 1.60. The highest BCUT2D eigenvalue weighted by molar-refractivity contribution is 5.39. The summed E-state index contributed by atoms with van der Waals surface area (Å²) in [7, 11) is 0. The molecule has 1 unspecified atom stereocenters. The van der Waals surface area contributed by atoms with E-state index in [0.29, 0.717) is 6.04 Å². The Morgan fingerprint density at radius 3 is 2.59 bits per heavy atom. The molecule has 3 heteroatoms. The number of hydrogen-bond acceptors (Lipinski definition) is 3. The van der Waals surface area contributed by atoms with Crippen molar-refractivity contribution >= 4 is 0 Å². The maximum Gasteiger partial charge on any atom is 0.123 e. The van der Waals surface area contributed by atoms with Gasteiger partial charge in [0.2, 0.25) is 0 Å². The van der Waals surface area contributed by atoms with Gasteiger partial charge >= 0.3 is 0 Å². The molecular formula is C14H23N3. The molecule has 0 bridgehead atoms. The summed E-state index contributed by atoms with van der Waals surface area (Å²) in [6.07, 6.45) is 6.89. The SMILES string of the molecule is C=CC=C1NC(C)=C(NC(C)CC)NC1=CC. The molecule has 0 radical (unpaired) electrons. The van der Waals surface area contributed by atoms with Crippen LogP contribution in [0.25, 0.3) is 0 Å². The van der Waals surface area contributed by atoms with Crippen molar-refractivity contribution in [2.75, 3.05) is 0 Å². The summed E-state index contributed by atoms with van der Waals surface area (Å²) in [6, 6.07) is 0.456. The van der Waals surface area contributed by atoms with Gasteiger partial charge in [0, 0.05) is 6.04 Å². The van der Waals surface area contributed by atoms with Crippen LogP contribution in [0.15, 0.2) is 47.7 Å². The topological polar surface area (TPSA) is 36.1 Å². The summed E-state index contributed by atoms with van der Waals surface area (Å²) >= 11 is 0. The summed E-state index contributed by atoms with van der Waals surface area (Å²) in [5, 5.41) is 10.2. The van der Waals surface area contributed by atoms with Crippen molar-refractivity contribution in [2.45, 2.75) is 40.2 Å². The Bertz CT molecular complexity index is 375. The molecule has 17 heavy (non-hydrogen) atoms. The second kappa shape index (κ2) is 6.18. The number of nitrogens with one attached hydrogen (secondary N) is 3. The summed E-state index contributed by atoms with van der Waals surface area (Å²) in [5.74, 6) is 1.05. The maximum atomic E-state index is 3.73. The second-order valence-corrected chi connectivity index (χ2v) is 4.22. The molecule has 0 saturated heterocycles. The van der Waals surface area contributed by atoms with Crippen molar-refractivity contribution in [1.29, 1.82) is 0 Å². The Hall–Kier alpha value is -1.64. The van der Waals surface area contributed by atoms with E-state index in [1.54, 1.807) is 6.08 Å². The van der Waals surface area contributed by atoms with Crippen LogP contribution in [0.3, 0.4) is 0 Å². The van der Waals surface area contributed by atoms with Gasteiger partial charge in [-0.25, -0.2) is 0 Å². The van der Waals surface area contributed by atoms with Crippen molar-refractivity contribution in [2.24, 2.45) is 0 Å². The van der Waals surface area contributed by atoms with E-state index in [1.807, 2.05) is 19.1 Å². The smallest absolute Gasteiger partial charge is 0.123 e. The standard InChI is InChI=1S/C14H23N3/c1-6-9-13-12(8-3)17-14(11(5)16-13)15-10(4)7-2/h6,8-10,15-17H,1,7H2,2-5H3. The van der Waals surface area contributed by atoms with Gasteiger partial charge in [0.05, 0.1) is 17.1 Å². The molecule has 1 rings (SSSR count). The predicted molar refractivity (Wildman–Crippen MR) is 73.9 cm³/mol. The highest BCUT2D eigenvalue weighted by Gasteiger charge is 2.16. The molecule has 94 valence electrons. The molecular weight excluding hydrogens is 210 g/mol. The lowest BCUT2D eigenvalue weighted by Gasteiger charge is -2.29. The first-order chi connectivity index (χ1) is 8.12. The van der Waals surface area contributed by atoms with Gasteiger partial charge in [0.25, 0.3) is 0 Å². The van der Waals surface area contributed by atoms with E-state index in [2.05, 4.69) is 43.3 Å². The molecule has 0 saturated carbocycles. The Kier molecular flexibility index (Phi) is 4.88. The highest BCUT2D eigenvalue weighted by atomic mass is 15.2. The lowest BCUT2D eigenvalue weighted by Crippen LogP contribution is -2.40. The monoisotopic (exact) mass is 233 g/mol. The van der Waals surface area contributed by atoms with Gasteiger partial charge in [-0.05, 0) is 33.3 Å².